The highest BCUT2D eigenvalue weighted by atomic mass is 32.2. The standard InChI is InChI=1S/C15H18N2O2S/c1-19-15-7-5-13(6-8-15)11-17-20(2,18)12-14-4-3-9-16-10-14/h3-10H,11-12H2,1-2H3. The molecule has 5 heteroatoms. The van der Waals surface area contributed by atoms with Crippen molar-refractivity contribution in [1.29, 1.82) is 0 Å². The SMILES string of the molecule is COc1ccc(CN=S(C)(=O)Cc2cccnc2)cc1. The molecule has 0 fully saturated rings. The number of methoxy groups -OCH3 is 1. The van der Waals surface area contributed by atoms with Gasteiger partial charge in [0.15, 0.2) is 0 Å². The summed E-state index contributed by atoms with van der Waals surface area (Å²) in [5, 5.41) is 0. The summed E-state index contributed by atoms with van der Waals surface area (Å²) in [7, 11) is -0.614. The van der Waals surface area contributed by atoms with Crippen LogP contribution >= 0.6 is 0 Å². The van der Waals surface area contributed by atoms with Gasteiger partial charge in [-0.1, -0.05) is 18.2 Å². The van der Waals surface area contributed by atoms with Crippen molar-refractivity contribution in [2.75, 3.05) is 13.4 Å². The molecule has 1 aromatic heterocycles. The number of hydrogen-bond acceptors (Lipinski definition) is 4. The number of aromatic nitrogens is 1. The van der Waals surface area contributed by atoms with Gasteiger partial charge in [0.1, 0.15) is 5.75 Å². The minimum atomic E-state index is -2.24. The van der Waals surface area contributed by atoms with Crippen LogP contribution in [0.3, 0.4) is 0 Å². The molecule has 0 aliphatic rings. The van der Waals surface area contributed by atoms with E-state index in [1.54, 1.807) is 25.8 Å². The second kappa shape index (κ2) is 6.52. The molecule has 0 bridgehead atoms. The fourth-order valence-electron chi connectivity index (χ4n) is 1.78. The van der Waals surface area contributed by atoms with Crippen molar-refractivity contribution in [3.8, 4) is 5.75 Å². The van der Waals surface area contributed by atoms with Crippen LogP contribution in [0.5, 0.6) is 5.75 Å². The molecule has 1 unspecified atom stereocenters. The summed E-state index contributed by atoms with van der Waals surface area (Å²) in [6.07, 6.45) is 5.12. The van der Waals surface area contributed by atoms with Crippen molar-refractivity contribution in [1.82, 2.24) is 4.98 Å². The number of benzene rings is 1. The van der Waals surface area contributed by atoms with Crippen molar-refractivity contribution >= 4 is 9.73 Å². The second-order valence-corrected chi connectivity index (χ2v) is 7.07. The molecule has 1 heterocycles. The molecule has 0 saturated heterocycles. The number of pyridine rings is 1. The van der Waals surface area contributed by atoms with Gasteiger partial charge in [-0.15, -0.1) is 0 Å². The molecule has 0 N–H and O–H groups in total. The van der Waals surface area contributed by atoms with Gasteiger partial charge < -0.3 is 4.74 Å². The van der Waals surface area contributed by atoms with Gasteiger partial charge in [-0.25, -0.2) is 8.57 Å². The van der Waals surface area contributed by atoms with Crippen LogP contribution in [0.15, 0.2) is 53.2 Å². The highest BCUT2D eigenvalue weighted by Gasteiger charge is 2.04. The summed E-state index contributed by atoms with van der Waals surface area (Å²) < 4.78 is 21.9. The first-order chi connectivity index (χ1) is 9.59. The van der Waals surface area contributed by atoms with Crippen molar-refractivity contribution in [3.05, 3.63) is 59.9 Å². The Morgan fingerprint density at radius 3 is 2.55 bits per heavy atom. The molecule has 0 saturated carbocycles. The molecule has 0 spiro atoms. The molecule has 20 heavy (non-hydrogen) atoms. The van der Waals surface area contributed by atoms with E-state index >= 15 is 0 Å². The van der Waals surface area contributed by atoms with Gasteiger partial charge in [0.2, 0.25) is 0 Å². The molecule has 0 aliphatic carbocycles. The predicted octanol–water partition coefficient (Wildman–Crippen LogP) is 2.89. The van der Waals surface area contributed by atoms with Crippen LogP contribution < -0.4 is 4.74 Å². The average Bonchev–Trinajstić information content (AvgIpc) is 2.46. The lowest BCUT2D eigenvalue weighted by Crippen LogP contribution is -2.02. The Hall–Kier alpha value is -1.88. The average molecular weight is 290 g/mol. The van der Waals surface area contributed by atoms with Crippen LogP contribution in [-0.2, 0) is 22.0 Å². The molecule has 2 rings (SSSR count). The highest BCUT2D eigenvalue weighted by molar-refractivity contribution is 7.92. The molecule has 2 aromatic rings. The topological polar surface area (TPSA) is 51.5 Å². The Kier molecular flexibility index (Phi) is 4.74. The summed E-state index contributed by atoms with van der Waals surface area (Å²) in [6.45, 7) is 0.444. The van der Waals surface area contributed by atoms with Gasteiger partial charge in [0.05, 0.1) is 19.4 Å². The van der Waals surface area contributed by atoms with Crippen molar-refractivity contribution < 1.29 is 8.95 Å². The van der Waals surface area contributed by atoms with Crippen LogP contribution in [0.4, 0.5) is 0 Å². The lowest BCUT2D eigenvalue weighted by Gasteiger charge is -2.05. The minimum Gasteiger partial charge on any atom is -0.497 e. The van der Waals surface area contributed by atoms with Crippen LogP contribution in [-0.4, -0.2) is 22.6 Å². The maximum absolute atomic E-state index is 12.4. The molecule has 1 aromatic carbocycles. The fourth-order valence-corrected chi connectivity index (χ4v) is 3.08. The van der Waals surface area contributed by atoms with Crippen LogP contribution in [0, 0.1) is 0 Å². The normalized spacial score (nSPS) is 13.5. The second-order valence-electron chi connectivity index (χ2n) is 4.60. The zero-order chi connectivity index (χ0) is 14.4. The van der Waals surface area contributed by atoms with Gasteiger partial charge in [-0.3, -0.25) is 4.98 Å². The van der Waals surface area contributed by atoms with E-state index < -0.39 is 9.73 Å². The number of hydrogen-bond donors (Lipinski definition) is 0. The van der Waals surface area contributed by atoms with Crippen molar-refractivity contribution in [3.63, 3.8) is 0 Å². The molecule has 0 aliphatic heterocycles. The first-order valence-electron chi connectivity index (χ1n) is 6.26. The molecular formula is C15H18N2O2S. The van der Waals surface area contributed by atoms with E-state index in [0.29, 0.717) is 12.3 Å². The van der Waals surface area contributed by atoms with E-state index in [0.717, 1.165) is 16.9 Å². The summed E-state index contributed by atoms with van der Waals surface area (Å²) in [5.74, 6) is 1.23. The smallest absolute Gasteiger partial charge is 0.118 e. The predicted molar refractivity (Wildman–Crippen MR) is 81.1 cm³/mol. The van der Waals surface area contributed by atoms with E-state index in [1.807, 2.05) is 36.4 Å². The van der Waals surface area contributed by atoms with E-state index in [4.69, 9.17) is 4.74 Å². The zero-order valence-corrected chi connectivity index (χ0v) is 12.5. The Morgan fingerprint density at radius 2 is 1.95 bits per heavy atom. The first kappa shape index (κ1) is 14.5. The zero-order valence-electron chi connectivity index (χ0n) is 11.7. The molecule has 106 valence electrons. The molecule has 0 amide bonds. The molecule has 0 radical (unpaired) electrons. The third-order valence-corrected chi connectivity index (χ3v) is 4.38. The van der Waals surface area contributed by atoms with E-state index in [9.17, 15) is 4.21 Å². The molecule has 1 atom stereocenters. The monoisotopic (exact) mass is 290 g/mol. The molecular weight excluding hydrogens is 272 g/mol. The Balaban J connectivity index is 2.07. The fraction of sp³-hybridized carbons (Fsp3) is 0.267. The number of rotatable bonds is 5. The lowest BCUT2D eigenvalue weighted by atomic mass is 10.2. The van der Waals surface area contributed by atoms with Gasteiger partial charge in [-0.2, -0.15) is 0 Å². The Morgan fingerprint density at radius 1 is 1.20 bits per heavy atom. The van der Waals surface area contributed by atoms with Gasteiger partial charge >= 0.3 is 0 Å². The van der Waals surface area contributed by atoms with Crippen LogP contribution in [0.1, 0.15) is 11.1 Å². The van der Waals surface area contributed by atoms with Crippen LogP contribution in [0.2, 0.25) is 0 Å². The molecule has 4 nitrogen and oxygen atoms in total. The van der Waals surface area contributed by atoms with Gasteiger partial charge in [0, 0.05) is 28.4 Å². The highest BCUT2D eigenvalue weighted by Crippen LogP contribution is 2.13. The third-order valence-electron chi connectivity index (χ3n) is 2.84. The maximum atomic E-state index is 12.4. The first-order valence-corrected chi connectivity index (χ1v) is 8.36. The van der Waals surface area contributed by atoms with Gasteiger partial charge in [-0.05, 0) is 29.3 Å². The van der Waals surface area contributed by atoms with E-state index in [1.165, 1.54) is 0 Å². The third kappa shape index (κ3) is 4.35. The van der Waals surface area contributed by atoms with Crippen LogP contribution in [0.25, 0.3) is 0 Å². The van der Waals surface area contributed by atoms with Gasteiger partial charge in [0.25, 0.3) is 0 Å². The quantitative estimate of drug-likeness (QED) is 0.850. The lowest BCUT2D eigenvalue weighted by molar-refractivity contribution is 0.414. The Labute approximate surface area is 120 Å². The minimum absolute atomic E-state index is 0.428. The van der Waals surface area contributed by atoms with E-state index in [2.05, 4.69) is 9.35 Å². The summed E-state index contributed by atoms with van der Waals surface area (Å²) in [5.41, 5.74) is 1.96. The summed E-state index contributed by atoms with van der Waals surface area (Å²) >= 11 is 0. The summed E-state index contributed by atoms with van der Waals surface area (Å²) in [6, 6.07) is 11.4. The van der Waals surface area contributed by atoms with Crippen molar-refractivity contribution in [2.45, 2.75) is 12.3 Å². The maximum Gasteiger partial charge on any atom is 0.118 e. The summed E-state index contributed by atoms with van der Waals surface area (Å²) in [4.78, 5) is 4.03. The Bertz CT molecular complexity index is 660. The number of ether oxygens (including phenoxy) is 1. The van der Waals surface area contributed by atoms with E-state index in [-0.39, 0.29) is 0 Å². The largest absolute Gasteiger partial charge is 0.497 e. The van der Waals surface area contributed by atoms with Crippen molar-refractivity contribution in [2.24, 2.45) is 4.36 Å². The number of nitrogens with zero attached hydrogens (tertiary/aromatic N) is 2.